The molecule has 0 saturated heterocycles. The molecule has 0 radical (unpaired) electrons. The number of nitrogens with zero attached hydrogens (tertiary/aromatic N) is 1. The van der Waals surface area contributed by atoms with E-state index >= 15 is 0 Å². The number of hydrogen-bond acceptors (Lipinski definition) is 4. The first-order valence-electron chi connectivity index (χ1n) is 5.28. The third-order valence-electron chi connectivity index (χ3n) is 2.44. The van der Waals surface area contributed by atoms with Crippen molar-refractivity contribution in [1.82, 2.24) is 0 Å². The molecule has 5 heteroatoms. The molecule has 0 spiro atoms. The summed E-state index contributed by atoms with van der Waals surface area (Å²) < 4.78 is 0. The van der Waals surface area contributed by atoms with Gasteiger partial charge in [-0.3, -0.25) is 10.1 Å². The van der Waals surface area contributed by atoms with Crippen molar-refractivity contribution in [2.24, 2.45) is 0 Å². The Morgan fingerprint density at radius 2 is 1.72 bits per heavy atom. The first kappa shape index (κ1) is 12.4. The van der Waals surface area contributed by atoms with Crippen LogP contribution >= 0.6 is 11.8 Å². The highest BCUT2D eigenvalue weighted by molar-refractivity contribution is 7.99. The molecule has 0 amide bonds. The van der Waals surface area contributed by atoms with Crippen LogP contribution in [0.2, 0.25) is 0 Å². The lowest BCUT2D eigenvalue weighted by Crippen LogP contribution is -1.91. The molecule has 0 aliphatic heterocycles. The lowest BCUT2D eigenvalue weighted by atomic mass is 10.2. The molecule has 2 aromatic rings. The zero-order valence-electron chi connectivity index (χ0n) is 9.66. The number of aryl methyl sites for hydroxylation is 1. The largest absolute Gasteiger partial charge is 0.508 e. The van der Waals surface area contributed by atoms with Gasteiger partial charge in [0, 0.05) is 21.4 Å². The molecule has 0 aromatic heterocycles. The third kappa shape index (κ3) is 2.81. The second-order valence-corrected chi connectivity index (χ2v) is 4.95. The van der Waals surface area contributed by atoms with Crippen molar-refractivity contribution in [3.8, 4) is 5.75 Å². The molecule has 92 valence electrons. The Morgan fingerprint density at radius 3 is 2.28 bits per heavy atom. The number of aromatic hydroxyl groups is 1. The van der Waals surface area contributed by atoms with Gasteiger partial charge in [0.25, 0.3) is 5.69 Å². The molecule has 2 aromatic carbocycles. The van der Waals surface area contributed by atoms with Gasteiger partial charge in [0.1, 0.15) is 5.75 Å². The summed E-state index contributed by atoms with van der Waals surface area (Å²) in [4.78, 5) is 12.2. The monoisotopic (exact) mass is 261 g/mol. The van der Waals surface area contributed by atoms with Gasteiger partial charge in [0.2, 0.25) is 0 Å². The summed E-state index contributed by atoms with van der Waals surface area (Å²) in [5.41, 5.74) is 0.772. The summed E-state index contributed by atoms with van der Waals surface area (Å²) in [6, 6.07) is 11.9. The van der Waals surface area contributed by atoms with Gasteiger partial charge < -0.3 is 5.11 Å². The molecule has 0 unspecified atom stereocenters. The molecule has 18 heavy (non-hydrogen) atoms. The highest BCUT2D eigenvalue weighted by Crippen LogP contribution is 2.31. The van der Waals surface area contributed by atoms with Crippen molar-refractivity contribution >= 4 is 17.4 Å². The van der Waals surface area contributed by atoms with Gasteiger partial charge in [0.15, 0.2) is 0 Å². The van der Waals surface area contributed by atoms with Crippen LogP contribution in [0.3, 0.4) is 0 Å². The minimum Gasteiger partial charge on any atom is -0.508 e. The SMILES string of the molecule is Cc1cc(Sc2ccc(O)cc2)ccc1[N+](=O)[O-]. The van der Waals surface area contributed by atoms with Crippen LogP contribution in [0.15, 0.2) is 52.3 Å². The molecular formula is C13H11NO3S. The molecule has 0 heterocycles. The molecule has 0 bridgehead atoms. The Kier molecular flexibility index (Phi) is 3.53. The number of rotatable bonds is 3. The predicted octanol–water partition coefficient (Wildman–Crippen LogP) is 3.76. The van der Waals surface area contributed by atoms with Crippen LogP contribution in [0.5, 0.6) is 5.75 Å². The number of benzene rings is 2. The van der Waals surface area contributed by atoms with Crippen molar-refractivity contribution in [1.29, 1.82) is 0 Å². The number of hydrogen-bond donors (Lipinski definition) is 1. The second kappa shape index (κ2) is 5.10. The fourth-order valence-corrected chi connectivity index (χ4v) is 2.46. The van der Waals surface area contributed by atoms with Crippen LogP contribution in [-0.4, -0.2) is 10.0 Å². The van der Waals surface area contributed by atoms with E-state index in [4.69, 9.17) is 0 Å². The Labute approximate surface area is 108 Å². The maximum absolute atomic E-state index is 10.7. The van der Waals surface area contributed by atoms with Gasteiger partial charge in [-0.05, 0) is 43.3 Å². The highest BCUT2D eigenvalue weighted by Gasteiger charge is 2.10. The van der Waals surface area contributed by atoms with Crippen molar-refractivity contribution in [2.75, 3.05) is 0 Å². The summed E-state index contributed by atoms with van der Waals surface area (Å²) >= 11 is 1.50. The first-order valence-corrected chi connectivity index (χ1v) is 6.10. The molecule has 0 atom stereocenters. The maximum Gasteiger partial charge on any atom is 0.272 e. The van der Waals surface area contributed by atoms with Gasteiger partial charge in [-0.1, -0.05) is 11.8 Å². The third-order valence-corrected chi connectivity index (χ3v) is 3.43. The number of nitro groups is 1. The van der Waals surface area contributed by atoms with E-state index in [0.717, 1.165) is 9.79 Å². The fraction of sp³-hybridized carbons (Fsp3) is 0.0769. The zero-order valence-corrected chi connectivity index (χ0v) is 10.5. The van der Waals surface area contributed by atoms with E-state index in [1.54, 1.807) is 43.3 Å². The Morgan fingerprint density at radius 1 is 1.11 bits per heavy atom. The standard InChI is InChI=1S/C13H11NO3S/c1-9-8-12(6-7-13(9)14(16)17)18-11-4-2-10(15)3-5-11/h2-8,15H,1H3. The number of phenols is 1. The molecule has 4 nitrogen and oxygen atoms in total. The summed E-state index contributed by atoms with van der Waals surface area (Å²) in [5, 5.41) is 19.9. The van der Waals surface area contributed by atoms with Crippen LogP contribution in [0.4, 0.5) is 5.69 Å². The predicted molar refractivity (Wildman–Crippen MR) is 70.1 cm³/mol. The van der Waals surface area contributed by atoms with Crippen molar-refractivity contribution in [2.45, 2.75) is 16.7 Å². The quantitative estimate of drug-likeness (QED) is 0.675. The van der Waals surface area contributed by atoms with Crippen LogP contribution in [0, 0.1) is 17.0 Å². The van der Waals surface area contributed by atoms with Crippen molar-refractivity contribution in [3.05, 3.63) is 58.1 Å². The van der Waals surface area contributed by atoms with E-state index in [9.17, 15) is 15.2 Å². The Hall–Kier alpha value is -2.01. The smallest absolute Gasteiger partial charge is 0.272 e. The van der Waals surface area contributed by atoms with Gasteiger partial charge >= 0.3 is 0 Å². The van der Waals surface area contributed by atoms with Crippen LogP contribution in [0.25, 0.3) is 0 Å². The average molecular weight is 261 g/mol. The normalized spacial score (nSPS) is 10.3. The molecule has 1 N–H and O–H groups in total. The van der Waals surface area contributed by atoms with E-state index in [2.05, 4.69) is 0 Å². The summed E-state index contributed by atoms with van der Waals surface area (Å²) in [6.07, 6.45) is 0. The summed E-state index contributed by atoms with van der Waals surface area (Å²) in [7, 11) is 0. The minimum atomic E-state index is -0.385. The molecule has 2 rings (SSSR count). The van der Waals surface area contributed by atoms with E-state index in [0.29, 0.717) is 5.56 Å². The Bertz CT molecular complexity index is 581. The Balaban J connectivity index is 2.22. The lowest BCUT2D eigenvalue weighted by molar-refractivity contribution is -0.385. The van der Waals surface area contributed by atoms with Crippen molar-refractivity contribution in [3.63, 3.8) is 0 Å². The lowest BCUT2D eigenvalue weighted by Gasteiger charge is -2.03. The van der Waals surface area contributed by atoms with E-state index < -0.39 is 0 Å². The molecule has 0 aliphatic carbocycles. The maximum atomic E-state index is 10.7. The zero-order chi connectivity index (χ0) is 13.1. The molecular weight excluding hydrogens is 250 g/mol. The van der Waals surface area contributed by atoms with Crippen LogP contribution < -0.4 is 0 Å². The number of nitro benzene ring substituents is 1. The van der Waals surface area contributed by atoms with Gasteiger partial charge in [-0.25, -0.2) is 0 Å². The van der Waals surface area contributed by atoms with Gasteiger partial charge in [0.05, 0.1) is 4.92 Å². The minimum absolute atomic E-state index is 0.130. The van der Waals surface area contributed by atoms with Crippen LogP contribution in [0.1, 0.15) is 5.56 Å². The second-order valence-electron chi connectivity index (χ2n) is 3.80. The first-order chi connectivity index (χ1) is 8.56. The molecule has 0 saturated carbocycles. The van der Waals surface area contributed by atoms with Crippen LogP contribution in [-0.2, 0) is 0 Å². The van der Waals surface area contributed by atoms with Gasteiger partial charge in [-0.15, -0.1) is 0 Å². The summed E-state index contributed by atoms with van der Waals surface area (Å²) in [5.74, 6) is 0.222. The fourth-order valence-electron chi connectivity index (χ4n) is 1.55. The van der Waals surface area contributed by atoms with E-state index in [-0.39, 0.29) is 16.4 Å². The molecule has 0 aliphatic rings. The van der Waals surface area contributed by atoms with Crippen molar-refractivity contribution < 1.29 is 10.0 Å². The number of phenolic OH excluding ortho intramolecular Hbond substituents is 1. The van der Waals surface area contributed by atoms with Gasteiger partial charge in [-0.2, -0.15) is 0 Å². The summed E-state index contributed by atoms with van der Waals surface area (Å²) in [6.45, 7) is 1.72. The van der Waals surface area contributed by atoms with E-state index in [1.165, 1.54) is 17.8 Å². The molecule has 0 fully saturated rings. The average Bonchev–Trinajstić information content (AvgIpc) is 2.32. The van der Waals surface area contributed by atoms with E-state index in [1.807, 2.05) is 0 Å². The highest BCUT2D eigenvalue weighted by atomic mass is 32.2. The topological polar surface area (TPSA) is 63.4 Å².